The summed E-state index contributed by atoms with van der Waals surface area (Å²) in [5.74, 6) is 0.122. The molecule has 32 heavy (non-hydrogen) atoms. The van der Waals surface area contributed by atoms with Crippen molar-refractivity contribution in [2.24, 2.45) is 5.92 Å². The molecule has 0 rings (SSSR count). The molecule has 0 aromatic rings. The highest BCUT2D eigenvalue weighted by atomic mass is 16.2. The van der Waals surface area contributed by atoms with Gasteiger partial charge in [0.15, 0.2) is 0 Å². The lowest BCUT2D eigenvalue weighted by molar-refractivity contribution is -0.124. The molecule has 0 atom stereocenters. The third-order valence-electron chi connectivity index (χ3n) is 5.08. The van der Waals surface area contributed by atoms with E-state index < -0.39 is 0 Å². The van der Waals surface area contributed by atoms with Gasteiger partial charge in [0.05, 0.1) is 0 Å². The fraction of sp³-hybridized carbons (Fsp3) is 0.833. The van der Waals surface area contributed by atoms with Crippen LogP contribution in [0.25, 0.3) is 0 Å². The van der Waals surface area contributed by atoms with Gasteiger partial charge in [0.25, 0.3) is 0 Å². The zero-order valence-electron chi connectivity index (χ0n) is 20.5. The van der Waals surface area contributed by atoms with Crippen LogP contribution >= 0.6 is 0 Å². The first kappa shape index (κ1) is 29.9. The molecular formula is C24H46N4O4. The number of hydrogen-bond acceptors (Lipinski definition) is 4. The van der Waals surface area contributed by atoms with Gasteiger partial charge < -0.3 is 21.3 Å². The van der Waals surface area contributed by atoms with Crippen LogP contribution < -0.4 is 21.3 Å². The fourth-order valence-electron chi connectivity index (χ4n) is 3.02. The van der Waals surface area contributed by atoms with Gasteiger partial charge in [0.1, 0.15) is 0 Å². The predicted molar refractivity (Wildman–Crippen MR) is 128 cm³/mol. The van der Waals surface area contributed by atoms with Crippen LogP contribution in [0.15, 0.2) is 0 Å². The lowest BCUT2D eigenvalue weighted by Gasteiger charge is -2.09. The molecule has 0 aliphatic carbocycles. The minimum Gasteiger partial charge on any atom is -0.356 e. The van der Waals surface area contributed by atoms with E-state index in [1.165, 1.54) is 0 Å². The standard InChI is InChI=1S/C24H46N4O4/c1-4-5-8-13-21(29)25-16-11-6-9-14-22(30)26-17-12-7-10-15-23(31)27-18-19-28-24(32)20(2)3/h20H,4-19H2,1-3H3,(H,25,29)(H,26,30)(H,27,31)(H,28,32). The Kier molecular flexibility index (Phi) is 19.4. The average Bonchev–Trinajstić information content (AvgIpc) is 2.75. The van der Waals surface area contributed by atoms with Crippen LogP contribution in [0.2, 0.25) is 0 Å². The molecule has 0 bridgehead atoms. The van der Waals surface area contributed by atoms with Gasteiger partial charge in [-0.1, -0.05) is 46.5 Å². The number of rotatable bonds is 20. The second-order valence-corrected chi connectivity index (χ2v) is 8.57. The van der Waals surface area contributed by atoms with E-state index >= 15 is 0 Å². The number of unbranched alkanes of at least 4 members (excludes halogenated alkanes) is 6. The average molecular weight is 455 g/mol. The third kappa shape index (κ3) is 19.8. The van der Waals surface area contributed by atoms with Crippen molar-refractivity contribution in [2.45, 2.75) is 97.8 Å². The number of nitrogens with one attached hydrogen (secondary N) is 4. The quantitative estimate of drug-likeness (QED) is 0.212. The van der Waals surface area contributed by atoms with Gasteiger partial charge in [0.2, 0.25) is 23.6 Å². The highest BCUT2D eigenvalue weighted by molar-refractivity contribution is 5.78. The van der Waals surface area contributed by atoms with Gasteiger partial charge in [-0.2, -0.15) is 0 Å². The van der Waals surface area contributed by atoms with Crippen LogP contribution in [0.3, 0.4) is 0 Å². The van der Waals surface area contributed by atoms with Gasteiger partial charge >= 0.3 is 0 Å². The smallest absolute Gasteiger partial charge is 0.222 e. The fourth-order valence-corrected chi connectivity index (χ4v) is 3.02. The molecule has 0 aromatic carbocycles. The summed E-state index contributed by atoms with van der Waals surface area (Å²) < 4.78 is 0. The molecule has 0 radical (unpaired) electrons. The van der Waals surface area contributed by atoms with E-state index in [0.717, 1.165) is 57.8 Å². The Labute approximate surface area is 194 Å². The number of amides is 4. The monoisotopic (exact) mass is 454 g/mol. The first-order valence-electron chi connectivity index (χ1n) is 12.4. The van der Waals surface area contributed by atoms with Crippen molar-refractivity contribution in [1.29, 1.82) is 0 Å². The summed E-state index contributed by atoms with van der Waals surface area (Å²) in [6.45, 7) is 7.99. The van der Waals surface area contributed by atoms with Crippen molar-refractivity contribution in [3.8, 4) is 0 Å². The van der Waals surface area contributed by atoms with Gasteiger partial charge in [-0.15, -0.1) is 0 Å². The summed E-state index contributed by atoms with van der Waals surface area (Å²) in [6, 6.07) is 0. The highest BCUT2D eigenvalue weighted by Crippen LogP contribution is 2.02. The zero-order chi connectivity index (χ0) is 24.0. The maximum absolute atomic E-state index is 11.8. The summed E-state index contributed by atoms with van der Waals surface area (Å²) >= 11 is 0. The summed E-state index contributed by atoms with van der Waals surface area (Å²) in [5.41, 5.74) is 0. The van der Waals surface area contributed by atoms with Crippen LogP contribution in [0.5, 0.6) is 0 Å². The van der Waals surface area contributed by atoms with E-state index in [2.05, 4.69) is 28.2 Å². The maximum Gasteiger partial charge on any atom is 0.222 e. The van der Waals surface area contributed by atoms with Gasteiger partial charge in [-0.3, -0.25) is 19.2 Å². The Bertz CT molecular complexity index is 538. The lowest BCUT2D eigenvalue weighted by Crippen LogP contribution is -2.36. The topological polar surface area (TPSA) is 116 Å². The maximum atomic E-state index is 11.8. The Morgan fingerprint density at radius 3 is 1.38 bits per heavy atom. The molecule has 0 aliphatic rings. The van der Waals surface area contributed by atoms with E-state index in [-0.39, 0.29) is 29.5 Å². The van der Waals surface area contributed by atoms with E-state index in [0.29, 0.717) is 45.4 Å². The van der Waals surface area contributed by atoms with Crippen LogP contribution in [0, 0.1) is 5.92 Å². The van der Waals surface area contributed by atoms with E-state index in [1.54, 1.807) is 0 Å². The number of carbonyl (C=O) groups excluding carboxylic acids is 4. The first-order valence-corrected chi connectivity index (χ1v) is 12.4. The lowest BCUT2D eigenvalue weighted by atomic mass is 10.1. The molecule has 0 saturated heterocycles. The van der Waals surface area contributed by atoms with Crippen LogP contribution in [-0.4, -0.2) is 49.8 Å². The summed E-state index contributed by atoms with van der Waals surface area (Å²) in [4.78, 5) is 46.5. The van der Waals surface area contributed by atoms with Crippen LogP contribution in [0.4, 0.5) is 0 Å². The predicted octanol–water partition coefficient (Wildman–Crippen LogP) is 2.81. The largest absolute Gasteiger partial charge is 0.356 e. The van der Waals surface area contributed by atoms with Gasteiger partial charge in [-0.05, 0) is 32.1 Å². The van der Waals surface area contributed by atoms with Crippen molar-refractivity contribution < 1.29 is 19.2 Å². The van der Waals surface area contributed by atoms with Crippen molar-refractivity contribution in [3.63, 3.8) is 0 Å². The van der Waals surface area contributed by atoms with Crippen molar-refractivity contribution in [2.75, 3.05) is 26.2 Å². The molecule has 186 valence electrons. The number of hydrogen-bond donors (Lipinski definition) is 4. The molecule has 0 unspecified atom stereocenters. The Morgan fingerprint density at radius 1 is 0.531 bits per heavy atom. The molecule has 4 N–H and O–H groups in total. The minimum atomic E-state index is -0.0506. The summed E-state index contributed by atoms with van der Waals surface area (Å²) in [6.07, 6.45) is 9.93. The van der Waals surface area contributed by atoms with Crippen molar-refractivity contribution >= 4 is 23.6 Å². The third-order valence-corrected chi connectivity index (χ3v) is 5.08. The Hall–Kier alpha value is -2.12. The minimum absolute atomic E-state index is 0.00928. The summed E-state index contributed by atoms with van der Waals surface area (Å²) in [5, 5.41) is 11.4. The normalized spacial score (nSPS) is 10.6. The van der Waals surface area contributed by atoms with Gasteiger partial charge in [0, 0.05) is 51.4 Å². The molecule has 8 nitrogen and oxygen atoms in total. The molecular weight excluding hydrogens is 408 g/mol. The first-order chi connectivity index (χ1) is 15.4. The molecule has 0 saturated carbocycles. The van der Waals surface area contributed by atoms with Crippen LogP contribution in [0.1, 0.15) is 97.8 Å². The SMILES string of the molecule is CCCCCC(=O)NCCCCCC(=O)NCCCCCC(=O)NCCNC(=O)C(C)C. The van der Waals surface area contributed by atoms with Crippen molar-refractivity contribution in [3.05, 3.63) is 0 Å². The van der Waals surface area contributed by atoms with Gasteiger partial charge in [-0.25, -0.2) is 0 Å². The second-order valence-electron chi connectivity index (χ2n) is 8.57. The molecule has 0 spiro atoms. The molecule has 0 heterocycles. The Morgan fingerprint density at radius 2 is 0.938 bits per heavy atom. The molecule has 0 aliphatic heterocycles. The highest BCUT2D eigenvalue weighted by Gasteiger charge is 2.06. The van der Waals surface area contributed by atoms with Crippen LogP contribution in [-0.2, 0) is 19.2 Å². The molecule has 4 amide bonds. The molecule has 0 fully saturated rings. The summed E-state index contributed by atoms with van der Waals surface area (Å²) in [7, 11) is 0. The van der Waals surface area contributed by atoms with E-state index in [4.69, 9.17) is 0 Å². The molecule has 8 heteroatoms. The second kappa shape index (κ2) is 20.8. The molecule has 0 aromatic heterocycles. The zero-order valence-corrected chi connectivity index (χ0v) is 20.5. The van der Waals surface area contributed by atoms with Crippen molar-refractivity contribution in [1.82, 2.24) is 21.3 Å². The van der Waals surface area contributed by atoms with E-state index in [9.17, 15) is 19.2 Å². The van der Waals surface area contributed by atoms with E-state index in [1.807, 2.05) is 13.8 Å². The number of carbonyl (C=O) groups is 4. The Balaban J connectivity index is 3.43.